The van der Waals surface area contributed by atoms with E-state index in [4.69, 9.17) is 0 Å². The SMILES string of the molecule is CNc1nc2ccccc2n1Cc1cc2c(c(=O)n1C(=O)O)C(C)C(=O)[S+]2CC(C)C. The van der Waals surface area contributed by atoms with Crippen molar-refractivity contribution in [3.8, 4) is 0 Å². The van der Waals surface area contributed by atoms with E-state index >= 15 is 0 Å². The van der Waals surface area contributed by atoms with E-state index in [9.17, 15) is 19.5 Å². The van der Waals surface area contributed by atoms with E-state index in [1.807, 2.05) is 42.7 Å². The number of para-hydroxylation sites is 2. The van der Waals surface area contributed by atoms with Gasteiger partial charge in [-0.25, -0.2) is 19.1 Å². The number of carboxylic acid groups (broad SMARTS) is 1. The summed E-state index contributed by atoms with van der Waals surface area (Å²) in [6.07, 6.45) is -1.35. The van der Waals surface area contributed by atoms with E-state index in [0.717, 1.165) is 15.6 Å². The van der Waals surface area contributed by atoms with Gasteiger partial charge in [0.2, 0.25) is 5.95 Å². The number of nitrogens with one attached hydrogen (secondary N) is 1. The summed E-state index contributed by atoms with van der Waals surface area (Å²) in [5.74, 6) is 0.911. The Kier molecular flexibility index (Phi) is 5.38. The van der Waals surface area contributed by atoms with E-state index in [2.05, 4.69) is 10.3 Å². The van der Waals surface area contributed by atoms with Crippen molar-refractivity contribution in [1.29, 1.82) is 0 Å². The molecule has 8 nitrogen and oxygen atoms in total. The van der Waals surface area contributed by atoms with Crippen LogP contribution >= 0.6 is 0 Å². The lowest BCUT2D eigenvalue weighted by Crippen LogP contribution is -2.33. The molecule has 2 N–H and O–H groups in total. The molecule has 0 amide bonds. The molecule has 0 bridgehead atoms. The predicted octanol–water partition coefficient (Wildman–Crippen LogP) is 3.09. The van der Waals surface area contributed by atoms with Crippen LogP contribution < -0.4 is 10.9 Å². The van der Waals surface area contributed by atoms with E-state index in [0.29, 0.717) is 27.9 Å². The standard InChI is InChI=1S/C22H24N4O4S/c1-12(2)11-31-17-9-14(26(22(29)30)19(27)18(17)13(3)20(31)28)10-25-16-8-6-5-7-15(16)24-21(25)23-4/h5-9,12-13H,10-11H2,1-4H3,(H-,23,24,29,30)/p+1. The van der Waals surface area contributed by atoms with Gasteiger partial charge in [0.05, 0.1) is 39.7 Å². The summed E-state index contributed by atoms with van der Waals surface area (Å²) in [7, 11) is 1.02. The zero-order chi connectivity index (χ0) is 22.4. The fraction of sp³-hybridized carbons (Fsp3) is 0.364. The predicted molar refractivity (Wildman–Crippen MR) is 121 cm³/mol. The minimum Gasteiger partial charge on any atom is -0.464 e. The molecule has 1 aromatic carbocycles. The van der Waals surface area contributed by atoms with Gasteiger partial charge in [0.1, 0.15) is 11.7 Å². The maximum Gasteiger partial charge on any atom is 0.418 e. The zero-order valence-corrected chi connectivity index (χ0v) is 18.7. The molecule has 2 atom stereocenters. The summed E-state index contributed by atoms with van der Waals surface area (Å²) < 4.78 is 2.62. The molecule has 2 unspecified atom stereocenters. The fourth-order valence-corrected chi connectivity index (χ4v) is 6.69. The number of fused-ring (bicyclic) bond motifs is 2. The first kappa shape index (κ1) is 21.2. The van der Waals surface area contributed by atoms with Gasteiger partial charge in [0.25, 0.3) is 5.56 Å². The van der Waals surface area contributed by atoms with E-state index in [-0.39, 0.29) is 17.6 Å². The average molecular weight is 442 g/mol. The molecule has 3 heterocycles. The number of imidazole rings is 1. The number of pyridine rings is 1. The van der Waals surface area contributed by atoms with Gasteiger partial charge < -0.3 is 15.0 Å². The Morgan fingerprint density at radius 2 is 2.00 bits per heavy atom. The molecule has 2 aromatic heterocycles. The van der Waals surface area contributed by atoms with Gasteiger partial charge in [0.15, 0.2) is 4.90 Å². The number of nitrogens with zero attached hydrogens (tertiary/aromatic N) is 3. The van der Waals surface area contributed by atoms with Gasteiger partial charge in [-0.1, -0.05) is 26.0 Å². The third-order valence-corrected chi connectivity index (χ3v) is 8.18. The molecule has 0 saturated carbocycles. The monoisotopic (exact) mass is 441 g/mol. The number of anilines is 1. The fourth-order valence-electron chi connectivity index (χ4n) is 4.11. The van der Waals surface area contributed by atoms with Crippen LogP contribution in [0.5, 0.6) is 0 Å². The third kappa shape index (κ3) is 3.42. The lowest BCUT2D eigenvalue weighted by Gasteiger charge is -2.14. The number of rotatable bonds is 5. The molecule has 1 aliphatic heterocycles. The molecule has 0 aliphatic carbocycles. The van der Waals surface area contributed by atoms with Crippen molar-refractivity contribution in [2.75, 3.05) is 18.1 Å². The van der Waals surface area contributed by atoms with Crippen molar-refractivity contribution >= 4 is 39.1 Å². The molecule has 0 spiro atoms. The maximum atomic E-state index is 13.3. The number of hydrogen-bond donors (Lipinski definition) is 2. The van der Waals surface area contributed by atoms with Crippen LogP contribution in [0.15, 0.2) is 40.0 Å². The van der Waals surface area contributed by atoms with Crippen molar-refractivity contribution in [3.05, 3.63) is 51.9 Å². The second-order valence-electron chi connectivity index (χ2n) is 8.09. The van der Waals surface area contributed by atoms with Crippen LogP contribution in [0.2, 0.25) is 0 Å². The van der Waals surface area contributed by atoms with Gasteiger partial charge in [-0.2, -0.15) is 0 Å². The van der Waals surface area contributed by atoms with Crippen LogP contribution in [0.1, 0.15) is 37.9 Å². The van der Waals surface area contributed by atoms with Crippen LogP contribution in [-0.4, -0.2) is 43.2 Å². The highest BCUT2D eigenvalue weighted by molar-refractivity contribution is 8.11. The Labute approximate surface area is 182 Å². The van der Waals surface area contributed by atoms with Gasteiger partial charge in [0, 0.05) is 13.1 Å². The topological polar surface area (TPSA) is 106 Å². The minimum atomic E-state index is -1.35. The first-order valence-electron chi connectivity index (χ1n) is 10.1. The highest BCUT2D eigenvalue weighted by Crippen LogP contribution is 2.37. The molecule has 0 saturated heterocycles. The molecule has 31 heavy (non-hydrogen) atoms. The molecular weight excluding hydrogens is 416 g/mol. The highest BCUT2D eigenvalue weighted by atomic mass is 32.2. The largest absolute Gasteiger partial charge is 0.464 e. The van der Waals surface area contributed by atoms with E-state index < -0.39 is 28.5 Å². The van der Waals surface area contributed by atoms with Gasteiger partial charge in [-0.3, -0.25) is 4.79 Å². The molecule has 4 rings (SSSR count). The lowest BCUT2D eigenvalue weighted by molar-refractivity contribution is -0.112. The summed E-state index contributed by atoms with van der Waals surface area (Å²) in [5, 5.41) is 12.9. The van der Waals surface area contributed by atoms with Crippen molar-refractivity contribution < 1.29 is 14.7 Å². The summed E-state index contributed by atoms with van der Waals surface area (Å²) in [6.45, 7) is 5.91. The normalized spacial score (nSPS) is 18.0. The number of carbonyl (C=O) groups excluding carboxylic acids is 1. The van der Waals surface area contributed by atoms with Crippen LogP contribution in [0, 0.1) is 5.92 Å². The number of carbonyl (C=O) groups is 2. The Bertz CT molecular complexity index is 1260. The maximum absolute atomic E-state index is 13.3. The number of aromatic nitrogens is 3. The molecule has 3 aromatic rings. The average Bonchev–Trinajstić information content (AvgIpc) is 3.18. The lowest BCUT2D eigenvalue weighted by atomic mass is 10.0. The molecule has 0 radical (unpaired) electrons. The van der Waals surface area contributed by atoms with Crippen molar-refractivity contribution in [2.24, 2.45) is 5.92 Å². The van der Waals surface area contributed by atoms with E-state index in [1.165, 1.54) is 0 Å². The van der Waals surface area contributed by atoms with Crippen molar-refractivity contribution in [1.82, 2.24) is 14.1 Å². The Balaban J connectivity index is 1.93. The smallest absolute Gasteiger partial charge is 0.418 e. The molecule has 0 fully saturated rings. The molecule has 9 heteroatoms. The summed E-state index contributed by atoms with van der Waals surface area (Å²) >= 11 is 0. The Hall–Kier alpha value is -3.07. The highest BCUT2D eigenvalue weighted by Gasteiger charge is 2.50. The van der Waals surface area contributed by atoms with Crippen molar-refractivity contribution in [3.63, 3.8) is 0 Å². The van der Waals surface area contributed by atoms with Crippen LogP contribution in [0.25, 0.3) is 11.0 Å². The van der Waals surface area contributed by atoms with E-state index in [1.54, 1.807) is 20.0 Å². The number of hydrogen-bond acceptors (Lipinski definition) is 5. The van der Waals surface area contributed by atoms with Gasteiger partial charge >= 0.3 is 11.2 Å². The second-order valence-corrected chi connectivity index (χ2v) is 10.0. The summed E-state index contributed by atoms with van der Waals surface area (Å²) in [5.41, 5.74) is 1.61. The Morgan fingerprint density at radius 1 is 1.29 bits per heavy atom. The number of benzene rings is 1. The first-order valence-corrected chi connectivity index (χ1v) is 11.5. The van der Waals surface area contributed by atoms with Crippen LogP contribution in [0.3, 0.4) is 0 Å². The summed E-state index contributed by atoms with van der Waals surface area (Å²) in [6, 6.07) is 9.28. The zero-order valence-electron chi connectivity index (χ0n) is 17.9. The van der Waals surface area contributed by atoms with Crippen molar-refractivity contribution in [2.45, 2.75) is 38.1 Å². The molecule has 162 valence electrons. The Morgan fingerprint density at radius 3 is 2.65 bits per heavy atom. The third-order valence-electron chi connectivity index (χ3n) is 5.47. The van der Waals surface area contributed by atoms with Crippen LogP contribution in [-0.2, 0) is 22.2 Å². The molecular formula is C22H25N4O4S+. The second kappa shape index (κ2) is 7.88. The van der Waals surface area contributed by atoms with Gasteiger partial charge in [-0.05, 0) is 25.0 Å². The molecule has 1 aliphatic rings. The first-order chi connectivity index (χ1) is 14.7. The quantitative estimate of drug-likeness (QED) is 0.590. The van der Waals surface area contributed by atoms with Gasteiger partial charge in [-0.15, -0.1) is 0 Å². The van der Waals surface area contributed by atoms with Crippen LogP contribution in [0.4, 0.5) is 10.7 Å². The minimum absolute atomic E-state index is 0.0129. The summed E-state index contributed by atoms with van der Waals surface area (Å²) in [4.78, 5) is 43.5.